The van der Waals surface area contributed by atoms with Gasteiger partial charge >= 0.3 is 0 Å². The second kappa shape index (κ2) is 6.26. The van der Waals surface area contributed by atoms with Gasteiger partial charge in [0.2, 0.25) is 5.91 Å². The largest absolute Gasteiger partial charge is 0.409 e. The summed E-state index contributed by atoms with van der Waals surface area (Å²) < 4.78 is 0. The van der Waals surface area contributed by atoms with Crippen molar-refractivity contribution < 1.29 is 10.0 Å². The van der Waals surface area contributed by atoms with Crippen LogP contribution in [0, 0.1) is 5.92 Å². The number of rotatable bonds is 4. The van der Waals surface area contributed by atoms with Crippen LogP contribution in [0.3, 0.4) is 0 Å². The number of benzene rings is 1. The molecule has 0 fully saturated rings. The molecule has 98 valence electrons. The van der Waals surface area contributed by atoms with Crippen LogP contribution in [0.5, 0.6) is 0 Å². The molecule has 1 aromatic rings. The highest BCUT2D eigenvalue weighted by Crippen LogP contribution is 2.21. The van der Waals surface area contributed by atoms with Crippen molar-refractivity contribution in [2.24, 2.45) is 16.8 Å². The molecule has 0 radical (unpaired) electrons. The van der Waals surface area contributed by atoms with Gasteiger partial charge in [-0.25, -0.2) is 0 Å². The van der Waals surface area contributed by atoms with Gasteiger partial charge in [-0.15, -0.1) is 0 Å². The molecule has 0 aliphatic carbocycles. The smallest absolute Gasteiger partial charge is 0.224 e. The summed E-state index contributed by atoms with van der Waals surface area (Å²) in [5, 5.41) is 14.8. The fourth-order valence-electron chi connectivity index (χ4n) is 1.47. The summed E-state index contributed by atoms with van der Waals surface area (Å²) in [6.45, 7) is 3.89. The molecule has 0 saturated carbocycles. The highest BCUT2D eigenvalue weighted by atomic mass is 35.5. The van der Waals surface area contributed by atoms with E-state index in [1.54, 1.807) is 18.2 Å². The van der Waals surface area contributed by atoms with E-state index >= 15 is 0 Å². The fourth-order valence-corrected chi connectivity index (χ4v) is 1.64. The monoisotopic (exact) mass is 269 g/mol. The summed E-state index contributed by atoms with van der Waals surface area (Å²) in [7, 11) is 0. The molecule has 0 aliphatic heterocycles. The lowest BCUT2D eigenvalue weighted by molar-refractivity contribution is -0.116. The van der Waals surface area contributed by atoms with Gasteiger partial charge in [0.1, 0.15) is 0 Å². The molecular weight excluding hydrogens is 254 g/mol. The minimum Gasteiger partial charge on any atom is -0.409 e. The summed E-state index contributed by atoms with van der Waals surface area (Å²) >= 11 is 5.86. The summed E-state index contributed by atoms with van der Waals surface area (Å²) in [4.78, 5) is 11.7. The molecular formula is C12H16ClN3O2. The van der Waals surface area contributed by atoms with E-state index in [1.807, 2.05) is 13.8 Å². The quantitative estimate of drug-likeness (QED) is 0.339. The van der Waals surface area contributed by atoms with Gasteiger partial charge in [-0.2, -0.15) is 0 Å². The molecule has 0 spiro atoms. The summed E-state index contributed by atoms with van der Waals surface area (Å²) in [5.41, 5.74) is 6.39. The molecule has 18 heavy (non-hydrogen) atoms. The molecule has 5 nitrogen and oxygen atoms in total. The molecule has 0 atom stereocenters. The first-order chi connectivity index (χ1) is 8.43. The van der Waals surface area contributed by atoms with E-state index in [1.165, 1.54) is 0 Å². The van der Waals surface area contributed by atoms with Crippen LogP contribution in [0.2, 0.25) is 5.02 Å². The zero-order chi connectivity index (χ0) is 13.7. The van der Waals surface area contributed by atoms with E-state index in [0.717, 1.165) is 0 Å². The van der Waals surface area contributed by atoms with Crippen molar-refractivity contribution in [1.82, 2.24) is 0 Å². The molecule has 0 saturated heterocycles. The number of nitrogens with one attached hydrogen (secondary N) is 1. The molecule has 6 heteroatoms. The second-order valence-electron chi connectivity index (χ2n) is 4.32. The number of halogens is 1. The van der Waals surface area contributed by atoms with Crippen molar-refractivity contribution in [2.45, 2.75) is 20.3 Å². The van der Waals surface area contributed by atoms with E-state index < -0.39 is 0 Å². The Labute approximate surface area is 111 Å². The third-order valence-corrected chi connectivity index (χ3v) is 2.47. The highest BCUT2D eigenvalue weighted by molar-refractivity contribution is 6.31. The second-order valence-corrected chi connectivity index (χ2v) is 4.76. The van der Waals surface area contributed by atoms with E-state index in [0.29, 0.717) is 22.7 Å². The van der Waals surface area contributed by atoms with Gasteiger partial charge in [0.15, 0.2) is 5.84 Å². The molecule has 4 N–H and O–H groups in total. The van der Waals surface area contributed by atoms with Crippen molar-refractivity contribution in [1.29, 1.82) is 0 Å². The van der Waals surface area contributed by atoms with Crippen LogP contribution in [0.25, 0.3) is 0 Å². The number of carbonyl (C=O) groups excluding carboxylic acids is 1. The van der Waals surface area contributed by atoms with E-state index in [9.17, 15) is 4.79 Å². The van der Waals surface area contributed by atoms with E-state index in [2.05, 4.69) is 10.5 Å². The Hall–Kier alpha value is -1.75. The maximum absolute atomic E-state index is 11.7. The van der Waals surface area contributed by atoms with Gasteiger partial charge in [0.05, 0.1) is 5.69 Å². The molecule has 0 unspecified atom stereocenters. The molecule has 1 rings (SSSR count). The first-order valence-corrected chi connectivity index (χ1v) is 5.89. The van der Waals surface area contributed by atoms with Gasteiger partial charge in [0.25, 0.3) is 0 Å². The maximum atomic E-state index is 11.7. The van der Waals surface area contributed by atoms with Crippen LogP contribution in [-0.4, -0.2) is 17.0 Å². The lowest BCUT2D eigenvalue weighted by Crippen LogP contribution is -2.19. The minimum atomic E-state index is -0.140. The van der Waals surface area contributed by atoms with Crippen molar-refractivity contribution in [3.05, 3.63) is 28.8 Å². The third kappa shape index (κ3) is 3.92. The van der Waals surface area contributed by atoms with Crippen molar-refractivity contribution >= 4 is 29.0 Å². The topological polar surface area (TPSA) is 87.7 Å². The summed E-state index contributed by atoms with van der Waals surface area (Å²) in [6.07, 6.45) is 0.391. The van der Waals surface area contributed by atoms with E-state index in [4.69, 9.17) is 22.5 Å². The molecule has 1 amide bonds. The predicted molar refractivity (Wildman–Crippen MR) is 72.0 cm³/mol. The molecule has 0 aromatic heterocycles. The van der Waals surface area contributed by atoms with Crippen LogP contribution in [-0.2, 0) is 4.79 Å². The van der Waals surface area contributed by atoms with Crippen molar-refractivity contribution in [2.75, 3.05) is 5.32 Å². The van der Waals surface area contributed by atoms with Crippen LogP contribution < -0.4 is 11.1 Å². The van der Waals surface area contributed by atoms with Gasteiger partial charge in [-0.1, -0.05) is 30.6 Å². The van der Waals surface area contributed by atoms with Crippen LogP contribution in [0.15, 0.2) is 23.4 Å². The Morgan fingerprint density at radius 1 is 1.56 bits per heavy atom. The number of nitrogens with zero attached hydrogens (tertiary/aromatic N) is 1. The van der Waals surface area contributed by atoms with Crippen molar-refractivity contribution in [3.8, 4) is 0 Å². The molecule has 0 heterocycles. The molecule has 0 bridgehead atoms. The number of nitrogens with two attached hydrogens (primary N) is 1. The van der Waals surface area contributed by atoms with Crippen LogP contribution >= 0.6 is 11.6 Å². The first-order valence-electron chi connectivity index (χ1n) is 5.51. The molecule has 0 aliphatic rings. The SMILES string of the molecule is CC(C)CC(=O)Nc1cc(Cl)ccc1C(N)=NO. The van der Waals surface area contributed by atoms with Gasteiger partial charge in [0, 0.05) is 17.0 Å². The summed E-state index contributed by atoms with van der Waals surface area (Å²) in [5.74, 6) is 0.0299. The zero-order valence-corrected chi connectivity index (χ0v) is 11.0. The number of hydrogen-bond acceptors (Lipinski definition) is 3. The first kappa shape index (κ1) is 14.3. The average Bonchev–Trinajstić information content (AvgIpc) is 2.27. The normalized spacial score (nSPS) is 11.7. The Morgan fingerprint density at radius 3 is 2.78 bits per heavy atom. The average molecular weight is 270 g/mol. The third-order valence-electron chi connectivity index (χ3n) is 2.23. The Kier molecular flexibility index (Phi) is 4.97. The summed E-state index contributed by atoms with van der Waals surface area (Å²) in [6, 6.07) is 4.75. The number of amides is 1. The number of anilines is 1. The van der Waals surface area contributed by atoms with Crippen molar-refractivity contribution in [3.63, 3.8) is 0 Å². The van der Waals surface area contributed by atoms with E-state index in [-0.39, 0.29) is 17.7 Å². The zero-order valence-electron chi connectivity index (χ0n) is 10.3. The van der Waals surface area contributed by atoms with Gasteiger partial charge < -0.3 is 16.3 Å². The van der Waals surface area contributed by atoms with Gasteiger partial charge in [-0.05, 0) is 24.1 Å². The molecule has 1 aromatic carbocycles. The standard InChI is InChI=1S/C12H16ClN3O2/c1-7(2)5-11(17)15-10-6-8(13)3-4-9(10)12(14)16-18/h3-4,6-7,18H,5H2,1-2H3,(H2,14,16)(H,15,17). The lowest BCUT2D eigenvalue weighted by atomic mass is 10.1. The predicted octanol–water partition coefficient (Wildman–Crippen LogP) is 2.42. The minimum absolute atomic E-state index is 0.0773. The van der Waals surface area contributed by atoms with Crippen LogP contribution in [0.1, 0.15) is 25.8 Å². The number of hydrogen-bond donors (Lipinski definition) is 3. The maximum Gasteiger partial charge on any atom is 0.224 e. The highest BCUT2D eigenvalue weighted by Gasteiger charge is 2.11. The fraction of sp³-hybridized carbons (Fsp3) is 0.333. The van der Waals surface area contributed by atoms with Gasteiger partial charge in [-0.3, -0.25) is 4.79 Å². The number of carbonyl (C=O) groups is 1. The number of oxime groups is 1. The Morgan fingerprint density at radius 2 is 2.22 bits per heavy atom. The lowest BCUT2D eigenvalue weighted by Gasteiger charge is -2.11. The van der Waals surface area contributed by atoms with Crippen LogP contribution in [0.4, 0.5) is 5.69 Å². The Balaban J connectivity index is 2.99. The Bertz CT molecular complexity index is 472. The number of amidine groups is 1.